The van der Waals surface area contributed by atoms with E-state index in [1.165, 1.54) is 0 Å². The Morgan fingerprint density at radius 1 is 1.47 bits per heavy atom. The average molecular weight is 268 g/mol. The van der Waals surface area contributed by atoms with Gasteiger partial charge in [0.1, 0.15) is 5.75 Å². The van der Waals surface area contributed by atoms with Crippen LogP contribution in [-0.4, -0.2) is 6.61 Å². The summed E-state index contributed by atoms with van der Waals surface area (Å²) in [6.45, 7) is 4.92. The van der Waals surface area contributed by atoms with Crippen LogP contribution in [0.25, 0.3) is 0 Å². The largest absolute Gasteiger partial charge is 0.493 e. The van der Waals surface area contributed by atoms with E-state index >= 15 is 0 Å². The van der Waals surface area contributed by atoms with E-state index in [1.54, 1.807) is 6.07 Å². The van der Waals surface area contributed by atoms with Gasteiger partial charge in [0.2, 0.25) is 0 Å². The van der Waals surface area contributed by atoms with E-state index < -0.39 is 0 Å². The first kappa shape index (κ1) is 12.1. The molecule has 0 aromatic heterocycles. The molecule has 80 valence electrons. The monoisotopic (exact) mass is 267 g/mol. The molecular weight excluding hydrogens is 254 g/mol. The molecule has 0 heterocycles. The summed E-state index contributed by atoms with van der Waals surface area (Å²) in [5, 5.41) is 9.46. The molecule has 0 atom stereocenters. The lowest BCUT2D eigenvalue weighted by Crippen LogP contribution is -2.05. The Balaban J connectivity index is 2.84. The number of alkyl halides is 1. The first-order valence-electron chi connectivity index (χ1n) is 4.89. The van der Waals surface area contributed by atoms with E-state index in [-0.39, 0.29) is 0 Å². The summed E-state index contributed by atoms with van der Waals surface area (Å²) in [6.07, 6.45) is 0. The van der Waals surface area contributed by atoms with E-state index in [1.807, 2.05) is 12.1 Å². The molecule has 0 unspecified atom stereocenters. The predicted molar refractivity (Wildman–Crippen MR) is 64.1 cm³/mol. The zero-order chi connectivity index (χ0) is 11.3. The normalized spacial score (nSPS) is 10.1. The SMILES string of the molecule is CC(C)COc1ccc(C#N)cc1CBr. The molecule has 0 aliphatic rings. The second-order valence-electron chi connectivity index (χ2n) is 3.77. The Kier molecular flexibility index (Phi) is 4.64. The van der Waals surface area contributed by atoms with Gasteiger partial charge in [-0.1, -0.05) is 29.8 Å². The molecule has 0 aliphatic heterocycles. The Morgan fingerprint density at radius 2 is 2.20 bits per heavy atom. The first-order valence-corrected chi connectivity index (χ1v) is 6.01. The minimum absolute atomic E-state index is 0.504. The molecule has 1 aromatic carbocycles. The molecule has 0 bridgehead atoms. The number of rotatable bonds is 4. The van der Waals surface area contributed by atoms with Crippen molar-refractivity contribution in [2.45, 2.75) is 19.2 Å². The Bertz CT molecular complexity index is 368. The number of ether oxygens (including phenoxy) is 1. The van der Waals surface area contributed by atoms with Crippen molar-refractivity contribution in [1.29, 1.82) is 5.26 Å². The second-order valence-corrected chi connectivity index (χ2v) is 4.33. The van der Waals surface area contributed by atoms with Gasteiger partial charge in [0.15, 0.2) is 0 Å². The van der Waals surface area contributed by atoms with Crippen molar-refractivity contribution in [1.82, 2.24) is 0 Å². The van der Waals surface area contributed by atoms with Gasteiger partial charge in [-0.15, -0.1) is 0 Å². The van der Waals surface area contributed by atoms with Gasteiger partial charge >= 0.3 is 0 Å². The Morgan fingerprint density at radius 3 is 2.73 bits per heavy atom. The van der Waals surface area contributed by atoms with Crippen molar-refractivity contribution in [3.8, 4) is 11.8 Å². The smallest absolute Gasteiger partial charge is 0.123 e. The van der Waals surface area contributed by atoms with Crippen LogP contribution in [-0.2, 0) is 5.33 Å². The molecule has 0 aliphatic carbocycles. The van der Waals surface area contributed by atoms with E-state index in [9.17, 15) is 0 Å². The molecule has 1 rings (SSSR count). The van der Waals surface area contributed by atoms with Crippen molar-refractivity contribution in [3.05, 3.63) is 29.3 Å². The van der Waals surface area contributed by atoms with Crippen molar-refractivity contribution in [2.24, 2.45) is 5.92 Å². The highest BCUT2D eigenvalue weighted by molar-refractivity contribution is 9.08. The van der Waals surface area contributed by atoms with E-state index in [4.69, 9.17) is 10.00 Å². The number of nitriles is 1. The zero-order valence-corrected chi connectivity index (χ0v) is 10.5. The van der Waals surface area contributed by atoms with Crippen molar-refractivity contribution >= 4 is 15.9 Å². The lowest BCUT2D eigenvalue weighted by Gasteiger charge is -2.11. The third kappa shape index (κ3) is 3.56. The molecule has 2 nitrogen and oxygen atoms in total. The summed E-state index contributed by atoms with van der Waals surface area (Å²) < 4.78 is 5.65. The van der Waals surface area contributed by atoms with Gasteiger partial charge in [0, 0.05) is 10.9 Å². The summed E-state index contributed by atoms with van der Waals surface area (Å²) in [5.41, 5.74) is 1.69. The molecule has 0 N–H and O–H groups in total. The van der Waals surface area contributed by atoms with Crippen LogP contribution in [0, 0.1) is 17.2 Å². The van der Waals surface area contributed by atoms with Crippen LogP contribution in [0.1, 0.15) is 25.0 Å². The van der Waals surface area contributed by atoms with Crippen molar-refractivity contribution < 1.29 is 4.74 Å². The maximum absolute atomic E-state index is 8.76. The number of nitrogens with zero attached hydrogens (tertiary/aromatic N) is 1. The Hall–Kier alpha value is -1.01. The van der Waals surface area contributed by atoms with Crippen LogP contribution >= 0.6 is 15.9 Å². The molecule has 15 heavy (non-hydrogen) atoms. The van der Waals surface area contributed by atoms with Crippen LogP contribution in [0.2, 0.25) is 0 Å². The van der Waals surface area contributed by atoms with Crippen LogP contribution in [0.5, 0.6) is 5.75 Å². The summed E-state index contributed by atoms with van der Waals surface area (Å²) in [7, 11) is 0. The fourth-order valence-corrected chi connectivity index (χ4v) is 1.59. The molecule has 0 amide bonds. The number of benzene rings is 1. The molecule has 0 spiro atoms. The van der Waals surface area contributed by atoms with Crippen LogP contribution in [0.4, 0.5) is 0 Å². The highest BCUT2D eigenvalue weighted by atomic mass is 79.9. The third-order valence-electron chi connectivity index (χ3n) is 1.91. The molecule has 1 aromatic rings. The van der Waals surface area contributed by atoms with Gasteiger partial charge in [0.05, 0.1) is 18.2 Å². The maximum Gasteiger partial charge on any atom is 0.123 e. The summed E-state index contributed by atoms with van der Waals surface area (Å²) >= 11 is 3.39. The van der Waals surface area contributed by atoms with Gasteiger partial charge in [-0.3, -0.25) is 0 Å². The van der Waals surface area contributed by atoms with Crippen molar-refractivity contribution in [3.63, 3.8) is 0 Å². The van der Waals surface area contributed by atoms with E-state index in [2.05, 4.69) is 35.8 Å². The predicted octanol–water partition coefficient (Wildman–Crippen LogP) is 3.49. The lowest BCUT2D eigenvalue weighted by molar-refractivity contribution is 0.269. The third-order valence-corrected chi connectivity index (χ3v) is 2.51. The minimum atomic E-state index is 0.504. The van der Waals surface area contributed by atoms with Gasteiger partial charge in [-0.05, 0) is 24.1 Å². The fraction of sp³-hybridized carbons (Fsp3) is 0.417. The second kappa shape index (κ2) is 5.77. The highest BCUT2D eigenvalue weighted by Gasteiger charge is 2.05. The minimum Gasteiger partial charge on any atom is -0.493 e. The van der Waals surface area contributed by atoms with Gasteiger partial charge in [-0.2, -0.15) is 5.26 Å². The molecule has 0 saturated carbocycles. The standard InChI is InChI=1S/C12H14BrNO/c1-9(2)8-15-12-4-3-10(7-14)5-11(12)6-13/h3-5,9H,6,8H2,1-2H3. The average Bonchev–Trinajstić information content (AvgIpc) is 2.25. The van der Waals surface area contributed by atoms with E-state index in [0.717, 1.165) is 11.3 Å². The van der Waals surface area contributed by atoms with Crippen LogP contribution in [0.3, 0.4) is 0 Å². The number of hydrogen-bond donors (Lipinski definition) is 0. The zero-order valence-electron chi connectivity index (χ0n) is 8.96. The van der Waals surface area contributed by atoms with Gasteiger partial charge in [0.25, 0.3) is 0 Å². The molecule has 0 radical (unpaired) electrons. The topological polar surface area (TPSA) is 33.0 Å². The first-order chi connectivity index (χ1) is 7.17. The van der Waals surface area contributed by atoms with E-state index in [0.29, 0.717) is 23.4 Å². The molecule has 0 saturated heterocycles. The fourth-order valence-electron chi connectivity index (χ4n) is 1.15. The molecule has 0 fully saturated rings. The van der Waals surface area contributed by atoms with Crippen molar-refractivity contribution in [2.75, 3.05) is 6.61 Å². The number of hydrogen-bond acceptors (Lipinski definition) is 2. The van der Waals surface area contributed by atoms with Crippen LogP contribution in [0.15, 0.2) is 18.2 Å². The maximum atomic E-state index is 8.76. The quantitative estimate of drug-likeness (QED) is 0.783. The highest BCUT2D eigenvalue weighted by Crippen LogP contribution is 2.22. The molecular formula is C12H14BrNO. The number of halogens is 1. The summed E-state index contributed by atoms with van der Waals surface area (Å²) in [5.74, 6) is 1.36. The summed E-state index contributed by atoms with van der Waals surface area (Å²) in [4.78, 5) is 0. The Labute approximate surface area is 99.0 Å². The summed E-state index contributed by atoms with van der Waals surface area (Å²) in [6, 6.07) is 7.61. The van der Waals surface area contributed by atoms with Gasteiger partial charge < -0.3 is 4.74 Å². The van der Waals surface area contributed by atoms with Crippen LogP contribution < -0.4 is 4.74 Å². The molecule has 3 heteroatoms. The van der Waals surface area contributed by atoms with Gasteiger partial charge in [-0.25, -0.2) is 0 Å². The lowest BCUT2D eigenvalue weighted by atomic mass is 10.1.